The van der Waals surface area contributed by atoms with Crippen molar-refractivity contribution in [2.75, 3.05) is 5.32 Å². The SMILES string of the molecule is O=C(Nc1ccc(Br)c(Cl)c1)c1cc([N+](=O)[O-])ccc1F. The molecule has 1 N–H and O–H groups in total. The molecule has 21 heavy (non-hydrogen) atoms. The standard InChI is InChI=1S/C13H7BrClFN2O3/c14-10-3-1-7(5-11(10)15)17-13(19)9-6-8(18(20)21)2-4-12(9)16/h1-6H,(H,17,19). The van der Waals surface area contributed by atoms with Gasteiger partial charge in [0.2, 0.25) is 0 Å². The first-order chi connectivity index (χ1) is 9.88. The van der Waals surface area contributed by atoms with Crippen molar-refractivity contribution >= 4 is 44.8 Å². The second-order valence-corrected chi connectivity index (χ2v) is 5.27. The van der Waals surface area contributed by atoms with Gasteiger partial charge < -0.3 is 5.32 Å². The van der Waals surface area contributed by atoms with Crippen LogP contribution in [0.4, 0.5) is 15.8 Å². The Morgan fingerprint density at radius 1 is 1.29 bits per heavy atom. The van der Waals surface area contributed by atoms with Gasteiger partial charge >= 0.3 is 0 Å². The fourth-order valence-electron chi connectivity index (χ4n) is 1.57. The lowest BCUT2D eigenvalue weighted by Crippen LogP contribution is -2.14. The van der Waals surface area contributed by atoms with E-state index in [1.165, 1.54) is 6.07 Å². The summed E-state index contributed by atoms with van der Waals surface area (Å²) < 4.78 is 14.3. The molecule has 0 fully saturated rings. The molecule has 0 aromatic heterocycles. The van der Waals surface area contributed by atoms with Crippen molar-refractivity contribution in [1.29, 1.82) is 0 Å². The molecular formula is C13H7BrClFN2O3. The van der Waals surface area contributed by atoms with E-state index in [0.29, 0.717) is 15.2 Å². The molecule has 2 rings (SSSR count). The van der Waals surface area contributed by atoms with Crippen molar-refractivity contribution in [3.63, 3.8) is 0 Å². The Hall–Kier alpha value is -1.99. The molecule has 5 nitrogen and oxygen atoms in total. The number of carbonyl (C=O) groups excluding carboxylic acids is 1. The number of carbonyl (C=O) groups is 1. The van der Waals surface area contributed by atoms with Crippen LogP contribution in [-0.4, -0.2) is 10.8 Å². The van der Waals surface area contributed by atoms with Gasteiger partial charge in [-0.25, -0.2) is 4.39 Å². The van der Waals surface area contributed by atoms with Gasteiger partial charge in [-0.3, -0.25) is 14.9 Å². The lowest BCUT2D eigenvalue weighted by molar-refractivity contribution is -0.384. The van der Waals surface area contributed by atoms with Crippen LogP contribution in [0.3, 0.4) is 0 Å². The normalized spacial score (nSPS) is 10.2. The number of nitrogens with zero attached hydrogens (tertiary/aromatic N) is 1. The predicted molar refractivity (Wildman–Crippen MR) is 80.2 cm³/mol. The molecule has 2 aromatic rings. The summed E-state index contributed by atoms with van der Waals surface area (Å²) in [6.45, 7) is 0. The number of hydrogen-bond acceptors (Lipinski definition) is 3. The van der Waals surface area contributed by atoms with Crippen LogP contribution in [0.15, 0.2) is 40.9 Å². The van der Waals surface area contributed by atoms with Crippen molar-refractivity contribution in [3.8, 4) is 0 Å². The highest BCUT2D eigenvalue weighted by molar-refractivity contribution is 9.10. The van der Waals surface area contributed by atoms with Crippen LogP contribution in [-0.2, 0) is 0 Å². The van der Waals surface area contributed by atoms with E-state index < -0.39 is 22.2 Å². The second-order valence-electron chi connectivity index (χ2n) is 4.00. The van der Waals surface area contributed by atoms with Crippen molar-refractivity contribution in [2.45, 2.75) is 0 Å². The molecule has 0 saturated heterocycles. The van der Waals surface area contributed by atoms with Crippen LogP contribution in [0.25, 0.3) is 0 Å². The summed E-state index contributed by atoms with van der Waals surface area (Å²) in [5, 5.41) is 13.5. The number of non-ortho nitro benzene ring substituents is 1. The molecule has 0 aliphatic carbocycles. The number of benzene rings is 2. The maximum Gasteiger partial charge on any atom is 0.270 e. The molecule has 0 bridgehead atoms. The van der Waals surface area contributed by atoms with Gasteiger partial charge in [0.1, 0.15) is 5.82 Å². The molecular weight excluding hydrogens is 367 g/mol. The Balaban J connectivity index is 2.29. The number of anilines is 1. The molecule has 1 amide bonds. The van der Waals surface area contributed by atoms with Crippen LogP contribution in [0.2, 0.25) is 5.02 Å². The third kappa shape index (κ3) is 3.56. The predicted octanol–water partition coefficient (Wildman–Crippen LogP) is 4.40. The third-order valence-electron chi connectivity index (χ3n) is 2.58. The Kier molecular flexibility index (Phi) is 4.54. The van der Waals surface area contributed by atoms with E-state index in [2.05, 4.69) is 21.2 Å². The zero-order valence-electron chi connectivity index (χ0n) is 10.3. The van der Waals surface area contributed by atoms with Crippen LogP contribution < -0.4 is 5.32 Å². The lowest BCUT2D eigenvalue weighted by atomic mass is 10.1. The van der Waals surface area contributed by atoms with Crippen molar-refractivity contribution < 1.29 is 14.1 Å². The molecule has 0 aliphatic rings. The Labute approximate surface area is 132 Å². The number of nitro benzene ring substituents is 1. The summed E-state index contributed by atoms with van der Waals surface area (Å²) in [6.07, 6.45) is 0. The average Bonchev–Trinajstić information content (AvgIpc) is 2.43. The molecule has 0 aliphatic heterocycles. The average molecular weight is 374 g/mol. The first kappa shape index (κ1) is 15.4. The topological polar surface area (TPSA) is 72.2 Å². The third-order valence-corrected chi connectivity index (χ3v) is 3.82. The zero-order valence-corrected chi connectivity index (χ0v) is 12.6. The Morgan fingerprint density at radius 2 is 2.00 bits per heavy atom. The zero-order chi connectivity index (χ0) is 15.6. The molecule has 108 valence electrons. The van der Waals surface area contributed by atoms with E-state index in [9.17, 15) is 19.3 Å². The van der Waals surface area contributed by atoms with E-state index in [1.807, 2.05) is 0 Å². The van der Waals surface area contributed by atoms with Gasteiger partial charge in [0.05, 0.1) is 15.5 Å². The van der Waals surface area contributed by atoms with E-state index >= 15 is 0 Å². The summed E-state index contributed by atoms with van der Waals surface area (Å²) in [5.74, 6) is -1.64. The molecule has 0 radical (unpaired) electrons. The number of rotatable bonds is 3. The van der Waals surface area contributed by atoms with Crippen LogP contribution in [0.1, 0.15) is 10.4 Å². The van der Waals surface area contributed by atoms with Crippen molar-refractivity contribution in [1.82, 2.24) is 0 Å². The molecule has 2 aromatic carbocycles. The summed E-state index contributed by atoms with van der Waals surface area (Å²) >= 11 is 9.08. The fraction of sp³-hybridized carbons (Fsp3) is 0. The minimum Gasteiger partial charge on any atom is -0.322 e. The van der Waals surface area contributed by atoms with Crippen LogP contribution in [0, 0.1) is 15.9 Å². The molecule has 8 heteroatoms. The number of amides is 1. The minimum atomic E-state index is -0.846. The largest absolute Gasteiger partial charge is 0.322 e. The van der Waals surface area contributed by atoms with E-state index in [1.54, 1.807) is 12.1 Å². The summed E-state index contributed by atoms with van der Waals surface area (Å²) in [5.41, 5.74) is -0.433. The maximum absolute atomic E-state index is 13.6. The molecule has 0 atom stereocenters. The second kappa shape index (κ2) is 6.19. The van der Waals surface area contributed by atoms with Gasteiger partial charge in [0, 0.05) is 22.3 Å². The van der Waals surface area contributed by atoms with Gasteiger partial charge in [-0.2, -0.15) is 0 Å². The monoisotopic (exact) mass is 372 g/mol. The fourth-order valence-corrected chi connectivity index (χ4v) is 2.00. The van der Waals surface area contributed by atoms with Crippen molar-refractivity contribution in [2.24, 2.45) is 0 Å². The van der Waals surface area contributed by atoms with Gasteiger partial charge in [0.15, 0.2) is 0 Å². The molecule has 0 heterocycles. The van der Waals surface area contributed by atoms with E-state index in [0.717, 1.165) is 18.2 Å². The Morgan fingerprint density at radius 3 is 2.62 bits per heavy atom. The lowest BCUT2D eigenvalue weighted by Gasteiger charge is -2.07. The highest BCUT2D eigenvalue weighted by Crippen LogP contribution is 2.26. The summed E-state index contributed by atoms with van der Waals surface area (Å²) in [6, 6.07) is 7.39. The first-order valence-corrected chi connectivity index (χ1v) is 6.76. The minimum absolute atomic E-state index is 0.346. The van der Waals surface area contributed by atoms with Crippen LogP contribution >= 0.6 is 27.5 Å². The van der Waals surface area contributed by atoms with E-state index in [4.69, 9.17) is 11.6 Å². The van der Waals surface area contributed by atoms with Gasteiger partial charge in [-0.1, -0.05) is 11.6 Å². The van der Waals surface area contributed by atoms with Gasteiger partial charge in [0.25, 0.3) is 11.6 Å². The molecule has 0 unspecified atom stereocenters. The van der Waals surface area contributed by atoms with Crippen LogP contribution in [0.5, 0.6) is 0 Å². The molecule has 0 saturated carbocycles. The van der Waals surface area contributed by atoms with Gasteiger partial charge in [-0.05, 0) is 40.2 Å². The summed E-state index contributed by atoms with van der Waals surface area (Å²) in [4.78, 5) is 21.9. The highest BCUT2D eigenvalue weighted by atomic mass is 79.9. The smallest absolute Gasteiger partial charge is 0.270 e. The summed E-state index contributed by atoms with van der Waals surface area (Å²) in [7, 11) is 0. The number of nitrogens with one attached hydrogen (secondary N) is 1. The quantitative estimate of drug-likeness (QED) is 0.640. The first-order valence-electron chi connectivity index (χ1n) is 5.59. The number of hydrogen-bond donors (Lipinski definition) is 1. The highest BCUT2D eigenvalue weighted by Gasteiger charge is 2.17. The number of halogens is 3. The molecule has 0 spiro atoms. The Bertz CT molecular complexity index is 739. The number of nitro groups is 1. The van der Waals surface area contributed by atoms with E-state index in [-0.39, 0.29) is 5.69 Å². The van der Waals surface area contributed by atoms with Gasteiger partial charge in [-0.15, -0.1) is 0 Å². The van der Waals surface area contributed by atoms with Crippen molar-refractivity contribution in [3.05, 3.63) is 67.4 Å². The maximum atomic E-state index is 13.6.